The molecule has 124 valence electrons. The molecule has 4 aromatic rings. The van der Waals surface area contributed by atoms with Gasteiger partial charge >= 0.3 is 0 Å². The van der Waals surface area contributed by atoms with E-state index in [0.717, 1.165) is 44.3 Å². The van der Waals surface area contributed by atoms with Crippen LogP contribution in [-0.2, 0) is 0 Å². The molecule has 0 aliphatic rings. The highest BCUT2D eigenvalue weighted by molar-refractivity contribution is 5.95. The monoisotopic (exact) mass is 335 g/mol. The molecule has 0 amide bonds. The topological polar surface area (TPSA) is 37.6 Å². The number of fused-ring (bicyclic) bond motifs is 2. The molecule has 0 atom stereocenters. The lowest BCUT2D eigenvalue weighted by Gasteiger charge is -2.04. The summed E-state index contributed by atoms with van der Waals surface area (Å²) in [6, 6.07) is 22.2. The summed E-state index contributed by atoms with van der Waals surface area (Å²) in [4.78, 5) is 13.3. The zero-order valence-corrected chi connectivity index (χ0v) is 14.3. The summed E-state index contributed by atoms with van der Waals surface area (Å²) in [5.41, 5.74) is 5.62. The predicted octanol–water partition coefficient (Wildman–Crippen LogP) is 6.11. The lowest BCUT2D eigenvalue weighted by molar-refractivity contribution is 1.46. The molecule has 4 rings (SSSR count). The minimum atomic E-state index is 0.820. The molecule has 0 N–H and O–H groups in total. The molecule has 3 heteroatoms. The van der Waals surface area contributed by atoms with Crippen LogP contribution in [0.15, 0.2) is 83.3 Å². The van der Waals surface area contributed by atoms with Crippen LogP contribution in [0.4, 0.5) is 11.4 Å². The van der Waals surface area contributed by atoms with Gasteiger partial charge in [0.2, 0.25) is 0 Å². The average molecular weight is 335 g/mol. The van der Waals surface area contributed by atoms with E-state index >= 15 is 0 Å². The molecule has 0 fully saturated rings. The first-order valence-corrected chi connectivity index (χ1v) is 8.33. The van der Waals surface area contributed by atoms with Crippen molar-refractivity contribution < 1.29 is 0 Å². The van der Waals surface area contributed by atoms with Crippen molar-refractivity contribution in [3.05, 3.63) is 84.4 Å². The third kappa shape index (κ3) is 3.15. The maximum Gasteiger partial charge on any atom is 0.0731 e. The van der Waals surface area contributed by atoms with E-state index in [0.29, 0.717) is 0 Å². The first-order valence-electron chi connectivity index (χ1n) is 8.33. The highest BCUT2D eigenvalue weighted by Gasteiger charge is 2.02. The van der Waals surface area contributed by atoms with Gasteiger partial charge in [0.05, 0.1) is 22.4 Å². The Morgan fingerprint density at radius 1 is 0.769 bits per heavy atom. The standard InChI is InChI=1S/C23H17N3/c1-3-16-5-4-6-17(11-16)15-25-21-10-8-19-12-18-7-9-20(24-2)13-22(18)26-23(19)14-21/h3-15H,1-2H2/b25-15+. The van der Waals surface area contributed by atoms with Crippen molar-refractivity contribution in [2.45, 2.75) is 0 Å². The molecule has 0 saturated carbocycles. The Kier molecular flexibility index (Phi) is 4.12. The number of hydrogen-bond donors (Lipinski definition) is 0. The Morgan fingerprint density at radius 2 is 1.46 bits per heavy atom. The first-order chi connectivity index (χ1) is 12.7. The predicted molar refractivity (Wildman–Crippen MR) is 112 cm³/mol. The largest absolute Gasteiger partial charge is 0.265 e. The van der Waals surface area contributed by atoms with Gasteiger partial charge in [-0.3, -0.25) is 9.98 Å². The van der Waals surface area contributed by atoms with Crippen molar-refractivity contribution in [1.29, 1.82) is 0 Å². The third-order valence-corrected chi connectivity index (χ3v) is 4.27. The molecular formula is C23H17N3. The number of pyridine rings is 1. The summed E-state index contributed by atoms with van der Waals surface area (Å²) in [6.07, 6.45) is 3.68. The quantitative estimate of drug-likeness (QED) is 0.327. The third-order valence-electron chi connectivity index (χ3n) is 4.27. The van der Waals surface area contributed by atoms with Gasteiger partial charge in [0.25, 0.3) is 0 Å². The molecule has 0 unspecified atom stereocenters. The maximum absolute atomic E-state index is 4.75. The molecule has 0 aliphatic carbocycles. The van der Waals surface area contributed by atoms with Crippen LogP contribution in [0, 0.1) is 0 Å². The molecule has 0 saturated heterocycles. The molecule has 0 radical (unpaired) electrons. The van der Waals surface area contributed by atoms with Crippen molar-refractivity contribution in [2.24, 2.45) is 9.98 Å². The van der Waals surface area contributed by atoms with Crippen molar-refractivity contribution >= 4 is 52.2 Å². The van der Waals surface area contributed by atoms with Crippen LogP contribution in [-0.4, -0.2) is 17.9 Å². The molecule has 26 heavy (non-hydrogen) atoms. The van der Waals surface area contributed by atoms with Gasteiger partial charge in [-0.15, -0.1) is 0 Å². The van der Waals surface area contributed by atoms with Gasteiger partial charge in [-0.1, -0.05) is 43.0 Å². The van der Waals surface area contributed by atoms with E-state index in [1.165, 1.54) is 0 Å². The fraction of sp³-hybridized carbons (Fsp3) is 0. The molecule has 3 aromatic carbocycles. The lowest BCUT2D eigenvalue weighted by Crippen LogP contribution is -1.84. The van der Waals surface area contributed by atoms with Gasteiger partial charge in [0, 0.05) is 17.0 Å². The SMILES string of the molecule is C=Cc1cccc(/C=N/c2ccc3cc4ccc(N=C)cc4nc3c2)c1. The molecule has 0 spiro atoms. The molecular weight excluding hydrogens is 318 g/mol. The summed E-state index contributed by atoms with van der Waals surface area (Å²) in [7, 11) is 0. The van der Waals surface area contributed by atoms with Gasteiger partial charge in [-0.25, -0.2) is 4.98 Å². The highest BCUT2D eigenvalue weighted by atomic mass is 14.7. The van der Waals surface area contributed by atoms with Gasteiger partial charge in [-0.2, -0.15) is 0 Å². The zero-order valence-electron chi connectivity index (χ0n) is 14.3. The number of rotatable bonds is 4. The second kappa shape index (κ2) is 6.73. The number of benzene rings is 3. The molecule has 1 heterocycles. The van der Waals surface area contributed by atoms with Crippen LogP contribution in [0.2, 0.25) is 0 Å². The first kappa shape index (κ1) is 15.9. The van der Waals surface area contributed by atoms with E-state index in [4.69, 9.17) is 4.98 Å². The van der Waals surface area contributed by atoms with Crippen LogP contribution in [0.25, 0.3) is 27.9 Å². The van der Waals surface area contributed by atoms with Crippen LogP contribution < -0.4 is 0 Å². The lowest BCUT2D eigenvalue weighted by atomic mass is 10.1. The van der Waals surface area contributed by atoms with Crippen LogP contribution in [0.3, 0.4) is 0 Å². The summed E-state index contributed by atoms with van der Waals surface area (Å²) < 4.78 is 0. The van der Waals surface area contributed by atoms with E-state index in [-0.39, 0.29) is 0 Å². The Hall–Kier alpha value is -3.59. The molecule has 1 aromatic heterocycles. The highest BCUT2D eigenvalue weighted by Crippen LogP contribution is 2.26. The maximum atomic E-state index is 4.75. The normalized spacial score (nSPS) is 11.2. The Labute approximate surface area is 152 Å². The number of hydrogen-bond acceptors (Lipinski definition) is 3. The van der Waals surface area contributed by atoms with Crippen LogP contribution >= 0.6 is 0 Å². The summed E-state index contributed by atoms with van der Waals surface area (Å²) >= 11 is 0. The Balaban J connectivity index is 1.73. The van der Waals surface area contributed by atoms with Crippen molar-refractivity contribution in [3.63, 3.8) is 0 Å². The van der Waals surface area contributed by atoms with E-state index in [1.54, 1.807) is 0 Å². The Morgan fingerprint density at radius 3 is 2.19 bits per heavy atom. The second-order valence-corrected chi connectivity index (χ2v) is 6.03. The van der Waals surface area contributed by atoms with E-state index < -0.39 is 0 Å². The van der Waals surface area contributed by atoms with Gasteiger partial charge < -0.3 is 0 Å². The summed E-state index contributed by atoms with van der Waals surface area (Å²) in [5.74, 6) is 0. The summed E-state index contributed by atoms with van der Waals surface area (Å²) in [6.45, 7) is 7.37. The van der Waals surface area contributed by atoms with Crippen LogP contribution in [0.5, 0.6) is 0 Å². The van der Waals surface area contributed by atoms with Crippen LogP contribution in [0.1, 0.15) is 11.1 Å². The average Bonchev–Trinajstić information content (AvgIpc) is 2.70. The van der Waals surface area contributed by atoms with Crippen molar-refractivity contribution in [1.82, 2.24) is 4.98 Å². The van der Waals surface area contributed by atoms with E-state index in [9.17, 15) is 0 Å². The minimum absolute atomic E-state index is 0.820. The zero-order chi connectivity index (χ0) is 17.9. The van der Waals surface area contributed by atoms with Gasteiger partial charge in [-0.05, 0) is 54.2 Å². The van der Waals surface area contributed by atoms with E-state index in [2.05, 4.69) is 29.3 Å². The van der Waals surface area contributed by atoms with E-state index in [1.807, 2.05) is 73.0 Å². The molecule has 3 nitrogen and oxygen atoms in total. The van der Waals surface area contributed by atoms with Crippen molar-refractivity contribution in [2.75, 3.05) is 0 Å². The summed E-state index contributed by atoms with van der Waals surface area (Å²) in [5, 5.41) is 2.17. The fourth-order valence-corrected chi connectivity index (χ4v) is 2.89. The number of nitrogens with zero attached hydrogens (tertiary/aromatic N) is 3. The Bertz CT molecular complexity index is 1170. The number of aliphatic imine (C=N–C) groups is 2. The smallest absolute Gasteiger partial charge is 0.0731 e. The molecule has 0 bridgehead atoms. The number of aromatic nitrogens is 1. The second-order valence-electron chi connectivity index (χ2n) is 6.03. The van der Waals surface area contributed by atoms with Gasteiger partial charge in [0.15, 0.2) is 0 Å². The fourth-order valence-electron chi connectivity index (χ4n) is 2.89. The van der Waals surface area contributed by atoms with Gasteiger partial charge in [0.1, 0.15) is 0 Å². The minimum Gasteiger partial charge on any atom is -0.265 e. The van der Waals surface area contributed by atoms with Crippen molar-refractivity contribution in [3.8, 4) is 0 Å². The molecule has 0 aliphatic heterocycles.